The first-order valence-electron chi connectivity index (χ1n) is 6.99. The van der Waals surface area contributed by atoms with Crippen LogP contribution in [0.3, 0.4) is 0 Å². The van der Waals surface area contributed by atoms with E-state index in [4.69, 9.17) is 9.47 Å². The van der Waals surface area contributed by atoms with Crippen molar-refractivity contribution in [2.75, 3.05) is 24.9 Å². The number of carbonyl (C=O) groups is 2. The summed E-state index contributed by atoms with van der Waals surface area (Å²) >= 11 is 0. The maximum atomic E-state index is 12.1. The Morgan fingerprint density at radius 2 is 1.50 bits per heavy atom. The van der Waals surface area contributed by atoms with E-state index in [0.717, 1.165) is 0 Å². The number of amides is 2. The van der Waals surface area contributed by atoms with Gasteiger partial charge in [-0.25, -0.2) is 0 Å². The molecule has 0 bridgehead atoms. The summed E-state index contributed by atoms with van der Waals surface area (Å²) in [4.78, 5) is 23.4. The van der Waals surface area contributed by atoms with Gasteiger partial charge in [0.2, 0.25) is 11.8 Å². The SMILES string of the molecule is COc1cc(OC)c(NC(=O)CC(C)(C)C)cc1NC(C)=O. The Bertz CT molecular complexity index is 562. The molecule has 0 aliphatic heterocycles. The van der Waals surface area contributed by atoms with Crippen LogP contribution in [0.5, 0.6) is 11.5 Å². The first kappa shape index (κ1) is 17.8. The van der Waals surface area contributed by atoms with Gasteiger partial charge in [0.15, 0.2) is 0 Å². The van der Waals surface area contributed by atoms with Crippen LogP contribution < -0.4 is 20.1 Å². The van der Waals surface area contributed by atoms with Crippen molar-refractivity contribution in [3.63, 3.8) is 0 Å². The summed E-state index contributed by atoms with van der Waals surface area (Å²) in [5.74, 6) is 0.578. The molecule has 1 aromatic rings. The lowest BCUT2D eigenvalue weighted by Crippen LogP contribution is -2.20. The number of nitrogens with one attached hydrogen (secondary N) is 2. The van der Waals surface area contributed by atoms with Gasteiger partial charge >= 0.3 is 0 Å². The summed E-state index contributed by atoms with van der Waals surface area (Å²) in [7, 11) is 3.00. The number of ether oxygens (including phenoxy) is 2. The van der Waals surface area contributed by atoms with E-state index in [1.54, 1.807) is 12.1 Å². The lowest BCUT2D eigenvalue weighted by Gasteiger charge is -2.19. The molecule has 6 nitrogen and oxygen atoms in total. The molecular weight excluding hydrogens is 284 g/mol. The number of hydrogen-bond acceptors (Lipinski definition) is 4. The predicted molar refractivity (Wildman–Crippen MR) is 86.6 cm³/mol. The van der Waals surface area contributed by atoms with E-state index >= 15 is 0 Å². The molecule has 2 amide bonds. The minimum absolute atomic E-state index is 0.121. The van der Waals surface area contributed by atoms with E-state index in [1.165, 1.54) is 21.1 Å². The normalized spacial score (nSPS) is 10.8. The molecular formula is C16H24N2O4. The Kier molecular flexibility index (Phi) is 5.79. The molecule has 122 valence electrons. The second-order valence-electron chi connectivity index (χ2n) is 6.22. The molecule has 0 radical (unpaired) electrons. The average Bonchev–Trinajstić information content (AvgIpc) is 2.36. The number of carbonyl (C=O) groups excluding carboxylic acids is 2. The number of methoxy groups -OCH3 is 2. The Morgan fingerprint density at radius 1 is 1.00 bits per heavy atom. The van der Waals surface area contributed by atoms with Gasteiger partial charge in [-0.15, -0.1) is 0 Å². The highest BCUT2D eigenvalue weighted by atomic mass is 16.5. The molecule has 0 fully saturated rings. The standard InChI is InChI=1S/C16H24N2O4/c1-10(19)17-11-7-12(14(22-6)8-13(11)21-5)18-15(20)9-16(2,3)4/h7-8H,9H2,1-6H3,(H,17,19)(H,18,20). The summed E-state index contributed by atoms with van der Waals surface area (Å²) < 4.78 is 10.5. The quantitative estimate of drug-likeness (QED) is 0.876. The van der Waals surface area contributed by atoms with Gasteiger partial charge in [0.1, 0.15) is 11.5 Å². The second kappa shape index (κ2) is 7.15. The molecule has 0 aliphatic rings. The highest BCUT2D eigenvalue weighted by Gasteiger charge is 2.19. The molecule has 0 heterocycles. The molecule has 0 atom stereocenters. The van der Waals surface area contributed by atoms with Crippen molar-refractivity contribution in [3.05, 3.63) is 12.1 Å². The molecule has 22 heavy (non-hydrogen) atoms. The van der Waals surface area contributed by atoms with Gasteiger partial charge in [0.25, 0.3) is 0 Å². The summed E-state index contributed by atoms with van der Waals surface area (Å²) in [6.07, 6.45) is 0.373. The van der Waals surface area contributed by atoms with E-state index in [2.05, 4.69) is 10.6 Å². The monoisotopic (exact) mass is 308 g/mol. The van der Waals surface area contributed by atoms with Crippen LogP contribution in [0.25, 0.3) is 0 Å². The molecule has 2 N–H and O–H groups in total. The highest BCUT2D eigenvalue weighted by Crippen LogP contribution is 2.36. The van der Waals surface area contributed by atoms with Gasteiger partial charge in [0, 0.05) is 19.4 Å². The summed E-state index contributed by atoms with van der Waals surface area (Å²) in [5.41, 5.74) is 0.840. The third-order valence-corrected chi connectivity index (χ3v) is 2.80. The smallest absolute Gasteiger partial charge is 0.225 e. The Hall–Kier alpha value is -2.24. The third-order valence-electron chi connectivity index (χ3n) is 2.80. The molecule has 1 aromatic carbocycles. The van der Waals surface area contributed by atoms with Crippen molar-refractivity contribution >= 4 is 23.2 Å². The third kappa shape index (κ3) is 5.27. The fourth-order valence-electron chi connectivity index (χ4n) is 1.96. The largest absolute Gasteiger partial charge is 0.494 e. The molecule has 6 heteroatoms. The molecule has 0 spiro atoms. The van der Waals surface area contributed by atoms with Gasteiger partial charge in [-0.3, -0.25) is 9.59 Å². The Morgan fingerprint density at radius 3 is 1.91 bits per heavy atom. The Balaban J connectivity index is 3.11. The van der Waals surface area contributed by atoms with Gasteiger partial charge in [0.05, 0.1) is 25.6 Å². The zero-order chi connectivity index (χ0) is 16.9. The molecule has 0 aromatic heterocycles. The minimum atomic E-state index is -0.226. The lowest BCUT2D eigenvalue weighted by atomic mass is 9.92. The van der Waals surface area contributed by atoms with Crippen molar-refractivity contribution in [2.45, 2.75) is 34.1 Å². The lowest BCUT2D eigenvalue weighted by molar-refractivity contribution is -0.118. The maximum absolute atomic E-state index is 12.1. The zero-order valence-electron chi connectivity index (χ0n) is 14.0. The van der Waals surface area contributed by atoms with Crippen molar-refractivity contribution in [2.24, 2.45) is 5.41 Å². The molecule has 0 unspecified atom stereocenters. The maximum Gasteiger partial charge on any atom is 0.225 e. The van der Waals surface area contributed by atoms with Crippen molar-refractivity contribution < 1.29 is 19.1 Å². The molecule has 0 saturated heterocycles. The van der Waals surface area contributed by atoms with E-state index in [0.29, 0.717) is 29.3 Å². The Labute approximate surface area is 131 Å². The van der Waals surface area contributed by atoms with Crippen molar-refractivity contribution in [1.82, 2.24) is 0 Å². The van der Waals surface area contributed by atoms with Gasteiger partial charge in [-0.1, -0.05) is 20.8 Å². The molecule has 0 aliphatic carbocycles. The van der Waals surface area contributed by atoms with E-state index in [-0.39, 0.29) is 17.2 Å². The van der Waals surface area contributed by atoms with Crippen LogP contribution in [0.4, 0.5) is 11.4 Å². The van der Waals surface area contributed by atoms with Crippen LogP contribution >= 0.6 is 0 Å². The number of benzene rings is 1. The van der Waals surface area contributed by atoms with Gasteiger partial charge in [-0.05, 0) is 11.5 Å². The number of anilines is 2. The fraction of sp³-hybridized carbons (Fsp3) is 0.500. The van der Waals surface area contributed by atoms with Crippen LogP contribution in [0.2, 0.25) is 0 Å². The summed E-state index contributed by atoms with van der Waals surface area (Å²) in [5, 5.41) is 5.48. The van der Waals surface area contributed by atoms with Crippen LogP contribution in [0.1, 0.15) is 34.1 Å². The fourth-order valence-corrected chi connectivity index (χ4v) is 1.96. The van der Waals surface area contributed by atoms with Crippen LogP contribution in [-0.2, 0) is 9.59 Å². The van der Waals surface area contributed by atoms with Gasteiger partial charge < -0.3 is 20.1 Å². The predicted octanol–water partition coefficient (Wildman–Crippen LogP) is 3.04. The van der Waals surface area contributed by atoms with Crippen LogP contribution in [0.15, 0.2) is 12.1 Å². The first-order chi connectivity index (χ1) is 10.2. The van der Waals surface area contributed by atoms with E-state index in [1.807, 2.05) is 20.8 Å². The van der Waals surface area contributed by atoms with E-state index < -0.39 is 0 Å². The zero-order valence-corrected chi connectivity index (χ0v) is 14.0. The molecule has 0 saturated carbocycles. The second-order valence-corrected chi connectivity index (χ2v) is 6.22. The van der Waals surface area contributed by atoms with Crippen LogP contribution in [0, 0.1) is 5.41 Å². The van der Waals surface area contributed by atoms with Crippen LogP contribution in [-0.4, -0.2) is 26.0 Å². The summed E-state index contributed by atoms with van der Waals surface area (Å²) in [6, 6.07) is 3.25. The van der Waals surface area contributed by atoms with Gasteiger partial charge in [-0.2, -0.15) is 0 Å². The minimum Gasteiger partial charge on any atom is -0.494 e. The average molecular weight is 308 g/mol. The highest BCUT2D eigenvalue weighted by molar-refractivity contribution is 5.96. The number of hydrogen-bond donors (Lipinski definition) is 2. The summed E-state index contributed by atoms with van der Waals surface area (Å²) in [6.45, 7) is 7.36. The first-order valence-corrected chi connectivity index (χ1v) is 6.99. The van der Waals surface area contributed by atoms with Crippen molar-refractivity contribution in [1.29, 1.82) is 0 Å². The van der Waals surface area contributed by atoms with E-state index in [9.17, 15) is 9.59 Å². The topological polar surface area (TPSA) is 76.7 Å². The number of rotatable bonds is 5. The molecule has 1 rings (SSSR count). The van der Waals surface area contributed by atoms with Crippen molar-refractivity contribution in [3.8, 4) is 11.5 Å².